The summed E-state index contributed by atoms with van der Waals surface area (Å²) in [5, 5.41) is 4.41. The number of benzene rings is 1. The van der Waals surface area contributed by atoms with Crippen molar-refractivity contribution in [2.24, 2.45) is 5.92 Å². The van der Waals surface area contributed by atoms with Crippen LogP contribution in [0, 0.1) is 11.7 Å². The third-order valence-corrected chi connectivity index (χ3v) is 4.74. The molecule has 0 saturated carbocycles. The van der Waals surface area contributed by atoms with E-state index in [-0.39, 0.29) is 5.82 Å². The van der Waals surface area contributed by atoms with Gasteiger partial charge in [0.15, 0.2) is 5.65 Å². The predicted octanol–water partition coefficient (Wildman–Crippen LogP) is 3.40. The van der Waals surface area contributed by atoms with Crippen molar-refractivity contribution < 1.29 is 9.13 Å². The zero-order valence-corrected chi connectivity index (χ0v) is 14.2. The van der Waals surface area contributed by atoms with Gasteiger partial charge in [0, 0.05) is 37.9 Å². The summed E-state index contributed by atoms with van der Waals surface area (Å²) in [6.45, 7) is 2.61. The maximum Gasteiger partial charge on any atom is 0.157 e. The number of halogens is 1. The SMILES string of the molecule is COCC1CCCN(c2cc(-c3ccccc3F)nc3ccnn23)C1. The summed E-state index contributed by atoms with van der Waals surface area (Å²) in [5.74, 6) is 1.18. The van der Waals surface area contributed by atoms with E-state index in [1.165, 1.54) is 6.07 Å². The van der Waals surface area contributed by atoms with E-state index in [0.717, 1.165) is 44.0 Å². The standard InChI is InChI=1S/C19H21FN4O/c1-25-13-14-5-4-10-23(12-14)19-11-17(15-6-2-3-7-16(15)20)22-18-8-9-21-24(18)19/h2-3,6-9,11,14H,4-5,10,12-13H2,1H3. The van der Waals surface area contributed by atoms with E-state index in [2.05, 4.69) is 15.0 Å². The molecule has 1 atom stereocenters. The van der Waals surface area contributed by atoms with Crippen molar-refractivity contribution in [2.75, 3.05) is 31.7 Å². The second-order valence-corrected chi connectivity index (χ2v) is 6.49. The highest BCUT2D eigenvalue weighted by Crippen LogP contribution is 2.29. The van der Waals surface area contributed by atoms with Gasteiger partial charge in [0.05, 0.1) is 18.5 Å². The fourth-order valence-corrected chi connectivity index (χ4v) is 3.57. The number of nitrogens with zero attached hydrogens (tertiary/aromatic N) is 4. The maximum atomic E-state index is 14.2. The van der Waals surface area contributed by atoms with Crippen molar-refractivity contribution in [3.8, 4) is 11.3 Å². The van der Waals surface area contributed by atoms with Crippen LogP contribution in [0.5, 0.6) is 0 Å². The van der Waals surface area contributed by atoms with Crippen molar-refractivity contribution in [3.63, 3.8) is 0 Å². The lowest BCUT2D eigenvalue weighted by Gasteiger charge is -2.34. The van der Waals surface area contributed by atoms with Gasteiger partial charge in [-0.2, -0.15) is 9.61 Å². The van der Waals surface area contributed by atoms with E-state index >= 15 is 0 Å². The van der Waals surface area contributed by atoms with Gasteiger partial charge < -0.3 is 9.64 Å². The van der Waals surface area contributed by atoms with E-state index < -0.39 is 0 Å². The largest absolute Gasteiger partial charge is 0.384 e. The molecule has 25 heavy (non-hydrogen) atoms. The van der Waals surface area contributed by atoms with Crippen LogP contribution >= 0.6 is 0 Å². The number of methoxy groups -OCH3 is 1. The van der Waals surface area contributed by atoms with Gasteiger partial charge in [-0.05, 0) is 30.9 Å². The first-order valence-corrected chi connectivity index (χ1v) is 8.60. The zero-order chi connectivity index (χ0) is 17.2. The van der Waals surface area contributed by atoms with Crippen molar-refractivity contribution in [1.82, 2.24) is 14.6 Å². The summed E-state index contributed by atoms with van der Waals surface area (Å²) < 4.78 is 21.4. The van der Waals surface area contributed by atoms with Crippen molar-refractivity contribution >= 4 is 11.5 Å². The average molecular weight is 340 g/mol. The van der Waals surface area contributed by atoms with Crippen molar-refractivity contribution in [1.29, 1.82) is 0 Å². The fraction of sp³-hybridized carbons (Fsp3) is 0.368. The number of fused-ring (bicyclic) bond motifs is 1. The molecule has 1 fully saturated rings. The summed E-state index contributed by atoms with van der Waals surface area (Å²) in [6.07, 6.45) is 4.00. The van der Waals surface area contributed by atoms with Crippen LogP contribution in [0.1, 0.15) is 12.8 Å². The second kappa shape index (κ2) is 6.80. The van der Waals surface area contributed by atoms with E-state index in [0.29, 0.717) is 17.2 Å². The Morgan fingerprint density at radius 3 is 3.00 bits per heavy atom. The molecule has 2 aromatic heterocycles. The molecule has 130 valence electrons. The third kappa shape index (κ3) is 3.09. The predicted molar refractivity (Wildman–Crippen MR) is 95.2 cm³/mol. The van der Waals surface area contributed by atoms with Crippen molar-refractivity contribution in [2.45, 2.75) is 12.8 Å². The molecule has 5 nitrogen and oxygen atoms in total. The third-order valence-electron chi connectivity index (χ3n) is 4.74. The Hall–Kier alpha value is -2.47. The van der Waals surface area contributed by atoms with Gasteiger partial charge in [-0.15, -0.1) is 0 Å². The van der Waals surface area contributed by atoms with E-state index in [1.54, 1.807) is 25.4 Å². The van der Waals surface area contributed by atoms with Crippen LogP contribution in [0.4, 0.5) is 10.2 Å². The molecule has 1 aromatic carbocycles. The molecular formula is C19H21FN4O. The Balaban J connectivity index is 1.78. The highest BCUT2D eigenvalue weighted by molar-refractivity contribution is 5.67. The molecule has 3 heterocycles. The second-order valence-electron chi connectivity index (χ2n) is 6.49. The first kappa shape index (κ1) is 16.0. The molecule has 1 saturated heterocycles. The lowest BCUT2D eigenvalue weighted by atomic mass is 9.99. The molecule has 1 aliphatic rings. The lowest BCUT2D eigenvalue weighted by Crippen LogP contribution is -2.38. The molecule has 0 amide bonds. The molecule has 0 N–H and O–H groups in total. The molecule has 0 bridgehead atoms. The number of piperidine rings is 1. The smallest absolute Gasteiger partial charge is 0.157 e. The highest BCUT2D eigenvalue weighted by atomic mass is 19.1. The summed E-state index contributed by atoms with van der Waals surface area (Å²) in [5.41, 5.74) is 1.87. The van der Waals surface area contributed by atoms with E-state index in [4.69, 9.17) is 4.74 Å². The lowest BCUT2D eigenvalue weighted by molar-refractivity contribution is 0.143. The number of anilines is 1. The summed E-state index contributed by atoms with van der Waals surface area (Å²) in [7, 11) is 1.74. The van der Waals surface area contributed by atoms with Gasteiger partial charge in [-0.25, -0.2) is 9.37 Å². The minimum absolute atomic E-state index is 0.263. The van der Waals surface area contributed by atoms with Crippen molar-refractivity contribution in [3.05, 3.63) is 48.4 Å². The fourth-order valence-electron chi connectivity index (χ4n) is 3.57. The Kier molecular flexibility index (Phi) is 4.36. The molecule has 0 spiro atoms. The van der Waals surface area contributed by atoms with Crippen LogP contribution in [-0.4, -0.2) is 41.4 Å². The van der Waals surface area contributed by atoms with Gasteiger partial charge in [-0.3, -0.25) is 0 Å². The number of aromatic nitrogens is 3. The topological polar surface area (TPSA) is 42.7 Å². The Labute approximate surface area is 146 Å². The molecule has 0 radical (unpaired) electrons. The molecule has 3 aromatic rings. The quantitative estimate of drug-likeness (QED) is 0.730. The molecule has 6 heteroatoms. The minimum Gasteiger partial charge on any atom is -0.384 e. The molecule has 0 aliphatic carbocycles. The van der Waals surface area contributed by atoms with Crippen LogP contribution in [0.2, 0.25) is 0 Å². The number of hydrogen-bond donors (Lipinski definition) is 0. The normalized spacial score (nSPS) is 18.0. The van der Waals surface area contributed by atoms with Crippen LogP contribution in [0.25, 0.3) is 16.9 Å². The number of hydrogen-bond acceptors (Lipinski definition) is 4. The van der Waals surface area contributed by atoms with Crippen LogP contribution in [0.15, 0.2) is 42.6 Å². The highest BCUT2D eigenvalue weighted by Gasteiger charge is 2.23. The monoisotopic (exact) mass is 340 g/mol. The van der Waals surface area contributed by atoms with Crippen LogP contribution in [-0.2, 0) is 4.74 Å². The van der Waals surface area contributed by atoms with Gasteiger partial charge in [0.2, 0.25) is 0 Å². The number of ether oxygens (including phenoxy) is 1. The van der Waals surface area contributed by atoms with E-state index in [1.807, 2.05) is 22.7 Å². The first-order chi connectivity index (χ1) is 12.3. The minimum atomic E-state index is -0.263. The van der Waals surface area contributed by atoms with Crippen LogP contribution < -0.4 is 4.90 Å². The summed E-state index contributed by atoms with van der Waals surface area (Å²) in [6, 6.07) is 10.5. The average Bonchev–Trinajstić information content (AvgIpc) is 3.10. The maximum absolute atomic E-state index is 14.2. The first-order valence-electron chi connectivity index (χ1n) is 8.60. The van der Waals surface area contributed by atoms with Crippen LogP contribution in [0.3, 0.4) is 0 Å². The molecule has 4 rings (SSSR count). The Morgan fingerprint density at radius 1 is 1.28 bits per heavy atom. The Morgan fingerprint density at radius 2 is 2.16 bits per heavy atom. The molecule has 1 aliphatic heterocycles. The molecular weight excluding hydrogens is 319 g/mol. The molecule has 1 unspecified atom stereocenters. The van der Waals surface area contributed by atoms with Gasteiger partial charge in [0.1, 0.15) is 11.6 Å². The summed E-state index contributed by atoms with van der Waals surface area (Å²) >= 11 is 0. The van der Waals surface area contributed by atoms with Gasteiger partial charge in [-0.1, -0.05) is 12.1 Å². The van der Waals surface area contributed by atoms with E-state index in [9.17, 15) is 4.39 Å². The zero-order valence-electron chi connectivity index (χ0n) is 14.2. The van der Waals surface area contributed by atoms with Gasteiger partial charge in [0.25, 0.3) is 0 Å². The summed E-state index contributed by atoms with van der Waals surface area (Å²) in [4.78, 5) is 6.89. The number of rotatable bonds is 4. The Bertz CT molecular complexity index is 877. The van der Waals surface area contributed by atoms with Gasteiger partial charge >= 0.3 is 0 Å².